The Morgan fingerprint density at radius 3 is 1.51 bits per heavy atom. The Morgan fingerprint density at radius 2 is 1.10 bits per heavy atom. The molecule has 0 spiro atoms. The van der Waals surface area contributed by atoms with E-state index in [0.29, 0.717) is 42.1 Å². The minimum atomic E-state index is -0.879. The number of hydrogen-bond acceptors (Lipinski definition) is 15. The van der Waals surface area contributed by atoms with Gasteiger partial charge in [0.15, 0.2) is 19.8 Å². The van der Waals surface area contributed by atoms with E-state index < -0.39 is 65.7 Å². The molecule has 0 amide bonds. The Morgan fingerprint density at radius 1 is 0.661 bits per heavy atom. The molecule has 326 valence electrons. The van der Waals surface area contributed by atoms with Crippen molar-refractivity contribution < 1.29 is 71.8 Å². The van der Waals surface area contributed by atoms with Gasteiger partial charge in [-0.3, -0.25) is 0 Å². The quantitative estimate of drug-likeness (QED) is 0.148. The highest BCUT2D eigenvalue weighted by Crippen LogP contribution is 2.61. The van der Waals surface area contributed by atoms with Gasteiger partial charge in [-0.05, 0) is 127 Å². The van der Waals surface area contributed by atoms with Crippen LogP contribution in [0, 0.1) is 35.5 Å². The number of hydrogen-bond donors (Lipinski definition) is 1. The van der Waals surface area contributed by atoms with Crippen LogP contribution in [0.5, 0.6) is 0 Å². The Bertz CT molecular complexity index is 1670. The number of rotatable bonds is 13. The van der Waals surface area contributed by atoms with Gasteiger partial charge in [0.05, 0.1) is 12.2 Å². The molecule has 8 aliphatic carbocycles. The molecular formula is C44H60O15. The van der Waals surface area contributed by atoms with Crippen LogP contribution < -0.4 is 0 Å². The van der Waals surface area contributed by atoms with Gasteiger partial charge in [0, 0.05) is 29.6 Å². The van der Waals surface area contributed by atoms with E-state index in [9.17, 15) is 38.7 Å². The van der Waals surface area contributed by atoms with Crippen molar-refractivity contribution in [2.24, 2.45) is 35.5 Å². The van der Waals surface area contributed by atoms with E-state index in [2.05, 4.69) is 36.1 Å². The number of ether oxygens (including phenoxy) is 7. The van der Waals surface area contributed by atoms with Gasteiger partial charge in [-0.15, -0.1) is 0 Å². The van der Waals surface area contributed by atoms with E-state index in [4.69, 9.17) is 23.7 Å². The lowest BCUT2D eigenvalue weighted by Crippen LogP contribution is -2.60. The SMILES string of the molecule is C=C(C)C(=O)OCC(=O)OC1(CC)C2CC3CC(C2)CC1C3.C=C(C)C(=O)OCC(=O)OC12CC3CC(CC(O)(C3)C1)C2.C=C(C)C(=O)OCC(=O)OC1CCOC1=O. The van der Waals surface area contributed by atoms with Gasteiger partial charge >= 0.3 is 41.8 Å². The lowest BCUT2D eigenvalue weighted by atomic mass is 9.49. The van der Waals surface area contributed by atoms with Crippen LogP contribution in [0.1, 0.15) is 111 Å². The fraction of sp³-hybridized carbons (Fsp3) is 0.705. The van der Waals surface area contributed by atoms with E-state index in [-0.39, 0.29) is 36.6 Å². The average Bonchev–Trinajstić information content (AvgIpc) is 3.55. The van der Waals surface area contributed by atoms with Crippen LogP contribution in [0.3, 0.4) is 0 Å². The second-order valence-corrected chi connectivity index (χ2v) is 17.9. The normalized spacial score (nSPS) is 33.7. The molecule has 9 aliphatic rings. The molecule has 1 N–H and O–H groups in total. The zero-order valence-corrected chi connectivity index (χ0v) is 34.8. The second-order valence-electron chi connectivity index (χ2n) is 17.9. The maximum atomic E-state index is 12.2. The maximum absolute atomic E-state index is 12.2. The zero-order valence-electron chi connectivity index (χ0n) is 34.8. The molecule has 9 fully saturated rings. The summed E-state index contributed by atoms with van der Waals surface area (Å²) in [5.74, 6) is -0.538. The minimum absolute atomic E-state index is 0.188. The number of esters is 7. The van der Waals surface area contributed by atoms with Gasteiger partial charge in [0.2, 0.25) is 6.10 Å². The first kappa shape index (κ1) is 45.6. The van der Waals surface area contributed by atoms with Crippen LogP contribution in [-0.2, 0) is 66.7 Å². The third-order valence-corrected chi connectivity index (χ3v) is 12.9. The van der Waals surface area contributed by atoms with Crippen molar-refractivity contribution in [3.8, 4) is 0 Å². The average molecular weight is 829 g/mol. The zero-order chi connectivity index (χ0) is 43.3. The Hall–Kier alpha value is -4.53. The van der Waals surface area contributed by atoms with Gasteiger partial charge in [-0.25, -0.2) is 33.6 Å². The first-order valence-corrected chi connectivity index (χ1v) is 20.7. The molecule has 0 aromatic carbocycles. The number of carbonyl (C=O) groups is 7. The molecule has 15 nitrogen and oxygen atoms in total. The summed E-state index contributed by atoms with van der Waals surface area (Å²) in [7, 11) is 0. The Balaban J connectivity index is 0.000000171. The topological polar surface area (TPSA) is 204 Å². The lowest BCUT2D eigenvalue weighted by Gasteiger charge is -2.60. The van der Waals surface area contributed by atoms with Crippen LogP contribution in [-0.4, -0.2) is 96.2 Å². The van der Waals surface area contributed by atoms with Crippen LogP contribution in [0.2, 0.25) is 0 Å². The summed E-state index contributed by atoms with van der Waals surface area (Å²) in [6.07, 6.45) is 11.4. The molecule has 3 unspecified atom stereocenters. The summed E-state index contributed by atoms with van der Waals surface area (Å²) in [4.78, 5) is 79.8. The standard InChI is InChI=1S/C18H26O4.C16H22O5.C10H12O6/c1-4-18(22-16(19)10-21-17(20)11(2)3)14-6-12-5-13(8-14)9-15(18)7-12;1-10(2)14(18)20-8-13(17)21-16-6-11-3-12(7-16)5-15(19,4-11)9-16;1-6(2)9(12)15-5-8(11)16-7-3-4-14-10(7)13/h12-15H,2,4-10H2,1,3H3;11-12,19H,1,3-9H2,2H3;7H,1,3-5H2,2H3. The van der Waals surface area contributed by atoms with Crippen molar-refractivity contribution in [1.29, 1.82) is 0 Å². The molecule has 1 heterocycles. The summed E-state index contributed by atoms with van der Waals surface area (Å²) in [6, 6.07) is 0. The predicted molar refractivity (Wildman–Crippen MR) is 207 cm³/mol. The van der Waals surface area contributed by atoms with Gasteiger partial charge in [-0.1, -0.05) is 26.7 Å². The third kappa shape index (κ3) is 11.4. The largest absolute Gasteiger partial charge is 0.463 e. The maximum Gasteiger partial charge on any atom is 0.347 e. The highest BCUT2D eigenvalue weighted by Gasteiger charge is 2.60. The monoisotopic (exact) mass is 828 g/mol. The molecule has 0 aromatic rings. The van der Waals surface area contributed by atoms with E-state index in [1.807, 2.05) is 0 Å². The van der Waals surface area contributed by atoms with Crippen molar-refractivity contribution >= 4 is 41.8 Å². The van der Waals surface area contributed by atoms with Crippen molar-refractivity contribution in [3.05, 3.63) is 36.5 Å². The molecule has 8 saturated carbocycles. The summed E-state index contributed by atoms with van der Waals surface area (Å²) >= 11 is 0. The molecule has 3 atom stereocenters. The smallest absolute Gasteiger partial charge is 0.347 e. The fourth-order valence-corrected chi connectivity index (χ4v) is 11.1. The Kier molecular flexibility index (Phi) is 14.5. The number of aliphatic hydroxyl groups is 1. The minimum Gasteiger partial charge on any atom is -0.463 e. The predicted octanol–water partition coefficient (Wildman–Crippen LogP) is 4.95. The number of cyclic esters (lactones) is 1. The van der Waals surface area contributed by atoms with Crippen molar-refractivity contribution in [3.63, 3.8) is 0 Å². The Labute approximate surface area is 345 Å². The molecule has 15 heteroatoms. The first-order chi connectivity index (χ1) is 27.7. The summed E-state index contributed by atoms with van der Waals surface area (Å²) in [5, 5.41) is 10.6. The highest BCUT2D eigenvalue weighted by atomic mass is 16.6. The summed E-state index contributed by atoms with van der Waals surface area (Å²) in [5.41, 5.74) is -0.794. The molecule has 9 rings (SSSR count). The van der Waals surface area contributed by atoms with Crippen molar-refractivity contribution in [1.82, 2.24) is 0 Å². The van der Waals surface area contributed by atoms with E-state index in [0.717, 1.165) is 50.4 Å². The van der Waals surface area contributed by atoms with Crippen LogP contribution in [0.15, 0.2) is 36.5 Å². The number of carbonyl (C=O) groups excluding carboxylic acids is 7. The van der Waals surface area contributed by atoms with Crippen LogP contribution >= 0.6 is 0 Å². The fourth-order valence-electron chi connectivity index (χ4n) is 11.1. The van der Waals surface area contributed by atoms with Gasteiger partial charge < -0.3 is 38.3 Å². The molecule has 0 aromatic heterocycles. The molecule has 8 bridgehead atoms. The van der Waals surface area contributed by atoms with E-state index in [1.165, 1.54) is 46.0 Å². The molecular weight excluding hydrogens is 768 g/mol. The molecule has 59 heavy (non-hydrogen) atoms. The summed E-state index contributed by atoms with van der Waals surface area (Å²) in [6.45, 7) is 16.0. The second kappa shape index (κ2) is 18.8. The summed E-state index contributed by atoms with van der Waals surface area (Å²) < 4.78 is 35.2. The van der Waals surface area contributed by atoms with E-state index >= 15 is 0 Å². The van der Waals surface area contributed by atoms with Crippen molar-refractivity contribution in [2.45, 2.75) is 134 Å². The molecule has 1 aliphatic heterocycles. The molecule has 1 saturated heterocycles. The lowest BCUT2D eigenvalue weighted by molar-refractivity contribution is -0.222. The van der Waals surface area contributed by atoms with Crippen molar-refractivity contribution in [2.75, 3.05) is 26.4 Å². The van der Waals surface area contributed by atoms with Gasteiger partial charge in [0.1, 0.15) is 11.2 Å². The van der Waals surface area contributed by atoms with Gasteiger partial charge in [-0.2, -0.15) is 0 Å². The molecule has 0 radical (unpaired) electrons. The third-order valence-electron chi connectivity index (χ3n) is 12.9. The van der Waals surface area contributed by atoms with Crippen LogP contribution in [0.25, 0.3) is 0 Å². The van der Waals surface area contributed by atoms with E-state index in [1.54, 1.807) is 6.92 Å². The van der Waals surface area contributed by atoms with Crippen LogP contribution in [0.4, 0.5) is 0 Å². The van der Waals surface area contributed by atoms with Gasteiger partial charge in [0.25, 0.3) is 0 Å². The first-order valence-electron chi connectivity index (χ1n) is 20.7. The highest BCUT2D eigenvalue weighted by molar-refractivity contribution is 5.90.